The highest BCUT2D eigenvalue weighted by Gasteiger charge is 2.52. The third-order valence-corrected chi connectivity index (χ3v) is 11.8. The predicted octanol–water partition coefficient (Wildman–Crippen LogP) is 6.06. The first-order valence-electron chi connectivity index (χ1n) is 18.6. The number of methoxy groups -OCH3 is 1. The molecule has 4 aliphatic heterocycles. The van der Waals surface area contributed by atoms with Gasteiger partial charge in [-0.15, -0.1) is 0 Å². The summed E-state index contributed by atoms with van der Waals surface area (Å²) in [5.41, 5.74) is 4.79. The van der Waals surface area contributed by atoms with Gasteiger partial charge in [0.1, 0.15) is 23.8 Å². The summed E-state index contributed by atoms with van der Waals surface area (Å²) in [6.45, 7) is 11.2. The van der Waals surface area contributed by atoms with Crippen LogP contribution in [0.25, 0.3) is 33.4 Å². The molecule has 4 atom stereocenters. The van der Waals surface area contributed by atoms with Crippen molar-refractivity contribution in [2.24, 2.45) is 5.92 Å². The number of hydrogen-bond acceptors (Lipinski definition) is 8. The fourth-order valence-corrected chi connectivity index (χ4v) is 8.10. The zero-order chi connectivity index (χ0) is 37.2. The molecule has 3 fully saturated rings. The summed E-state index contributed by atoms with van der Waals surface area (Å²) in [4.78, 5) is 35.8. The van der Waals surface area contributed by atoms with Crippen LogP contribution in [0.1, 0.15) is 78.4 Å². The van der Waals surface area contributed by atoms with Gasteiger partial charge in [0.05, 0.1) is 54.0 Å². The number of nitrogens with zero attached hydrogens (tertiary/aromatic N) is 3. The Morgan fingerprint density at radius 2 is 1.85 bits per heavy atom. The average molecular weight is 728 g/mol. The molecular formula is C39H47BFN5O7. The number of hydrogen-bond donors (Lipinski definition) is 2. The number of rotatable bonds is 7. The van der Waals surface area contributed by atoms with Crippen LogP contribution in [-0.4, -0.2) is 88.8 Å². The van der Waals surface area contributed by atoms with E-state index in [9.17, 15) is 9.59 Å². The van der Waals surface area contributed by atoms with Gasteiger partial charge in [0.2, 0.25) is 5.91 Å². The number of carbonyl (C=O) groups excluding carboxylic acids is 2. The molecule has 4 aromatic rings. The number of aromatic amines is 1. The topological polar surface area (TPSA) is 129 Å². The lowest BCUT2D eigenvalue weighted by Gasteiger charge is -2.34. The molecule has 2 aromatic carbocycles. The molecule has 6 heterocycles. The van der Waals surface area contributed by atoms with Crippen molar-refractivity contribution in [2.75, 3.05) is 26.9 Å². The number of carbonyl (C=O) groups is 2. The van der Waals surface area contributed by atoms with E-state index in [0.29, 0.717) is 31.9 Å². The van der Waals surface area contributed by atoms with Crippen molar-refractivity contribution < 1.29 is 37.5 Å². The predicted molar refractivity (Wildman–Crippen MR) is 197 cm³/mol. The molecule has 53 heavy (non-hydrogen) atoms. The minimum atomic E-state index is -1.23. The van der Waals surface area contributed by atoms with Crippen LogP contribution >= 0.6 is 0 Å². The summed E-state index contributed by atoms with van der Waals surface area (Å²) in [7, 11) is 0.803. The van der Waals surface area contributed by atoms with E-state index in [1.165, 1.54) is 12.0 Å². The number of alkyl halides is 1. The van der Waals surface area contributed by atoms with E-state index < -0.39 is 42.7 Å². The fraction of sp³-hybridized carbons (Fsp3) is 0.513. The Hall–Kier alpha value is -4.40. The Labute approximate surface area is 308 Å². The van der Waals surface area contributed by atoms with Crippen molar-refractivity contribution in [3.8, 4) is 28.3 Å². The number of aromatic nitrogens is 3. The molecule has 1 unspecified atom stereocenters. The minimum Gasteiger partial charge on any atom is -0.469 e. The molecular weight excluding hydrogens is 680 g/mol. The number of amides is 2. The molecule has 0 bridgehead atoms. The van der Waals surface area contributed by atoms with Crippen LogP contribution in [-0.2, 0) is 23.6 Å². The van der Waals surface area contributed by atoms with E-state index in [1.54, 1.807) is 6.20 Å². The Morgan fingerprint density at radius 3 is 2.57 bits per heavy atom. The molecule has 2 N–H and O–H groups in total. The first kappa shape index (κ1) is 35.6. The quantitative estimate of drug-likeness (QED) is 0.220. The summed E-state index contributed by atoms with van der Waals surface area (Å²) in [5, 5.41) is 3.79. The average Bonchev–Trinajstić information content (AvgIpc) is 3.93. The molecule has 0 spiro atoms. The van der Waals surface area contributed by atoms with E-state index >= 15 is 4.39 Å². The summed E-state index contributed by atoms with van der Waals surface area (Å²) >= 11 is 0. The second-order valence-corrected chi connectivity index (χ2v) is 15.6. The first-order valence-corrected chi connectivity index (χ1v) is 18.6. The fourth-order valence-electron chi connectivity index (χ4n) is 8.10. The van der Waals surface area contributed by atoms with Crippen molar-refractivity contribution in [2.45, 2.75) is 96.0 Å². The third kappa shape index (κ3) is 6.28. The largest absolute Gasteiger partial charge is 0.494 e. The zero-order valence-electron chi connectivity index (χ0n) is 31.1. The number of likely N-dealkylation sites (tertiary alicyclic amines) is 1. The van der Waals surface area contributed by atoms with Gasteiger partial charge in [0.25, 0.3) is 0 Å². The van der Waals surface area contributed by atoms with E-state index in [0.717, 1.165) is 51.1 Å². The van der Waals surface area contributed by atoms with E-state index in [-0.39, 0.29) is 31.0 Å². The van der Waals surface area contributed by atoms with E-state index in [1.807, 2.05) is 12.1 Å². The minimum absolute atomic E-state index is 0.0840. The maximum Gasteiger partial charge on any atom is 0.494 e. The van der Waals surface area contributed by atoms with Crippen molar-refractivity contribution in [1.82, 2.24) is 24.8 Å². The van der Waals surface area contributed by atoms with Gasteiger partial charge in [-0.1, -0.05) is 25.1 Å². The molecule has 8 rings (SSSR count). The highest BCUT2D eigenvalue weighted by molar-refractivity contribution is 6.62. The highest BCUT2D eigenvalue weighted by atomic mass is 19.1. The van der Waals surface area contributed by atoms with Gasteiger partial charge in [0.15, 0.2) is 6.23 Å². The number of H-pyrrole nitrogens is 1. The maximum absolute atomic E-state index is 15.1. The lowest BCUT2D eigenvalue weighted by atomic mass is 9.78. The number of nitrogens with one attached hydrogen (secondary N) is 2. The second kappa shape index (κ2) is 13.5. The van der Waals surface area contributed by atoms with Crippen molar-refractivity contribution in [3.05, 3.63) is 54.5 Å². The van der Waals surface area contributed by atoms with Gasteiger partial charge >= 0.3 is 13.2 Å². The van der Waals surface area contributed by atoms with Crippen LogP contribution in [0.4, 0.5) is 9.18 Å². The molecule has 12 nitrogen and oxygen atoms in total. The number of imidazole rings is 1. The van der Waals surface area contributed by atoms with E-state index in [2.05, 4.69) is 84.8 Å². The molecule has 14 heteroatoms. The van der Waals surface area contributed by atoms with Crippen LogP contribution in [0.3, 0.4) is 0 Å². The lowest BCUT2D eigenvalue weighted by molar-refractivity contribution is -0.137. The second-order valence-electron chi connectivity index (χ2n) is 15.6. The van der Waals surface area contributed by atoms with Gasteiger partial charge in [-0.2, -0.15) is 0 Å². The standard InChI is InChI=1S/C39H47BFN5O7/c1-7-33-46-29-11-9-25(40-52-38(2,3)39(4,5)53-40)16-24(29)17-30(46)27-10-8-23(18-32(27)51-33)28-20-42-35(43-28)31-19-26(41)21-45(31)36(47)34(44-37(48)49-6)22-12-14-50-15-13-22/h8-11,16-18,20,22,26,31,33-34H,7,12-15,19,21H2,1-6H3,(H,42,43)(H,44,48)/t26-,31+,33?,34+/m1/s1. The number of fused-ring (bicyclic) bond motifs is 5. The van der Waals surface area contributed by atoms with Gasteiger partial charge in [0, 0.05) is 42.6 Å². The van der Waals surface area contributed by atoms with Crippen molar-refractivity contribution in [1.29, 1.82) is 0 Å². The summed E-state index contributed by atoms with van der Waals surface area (Å²) in [6.07, 6.45) is 1.63. The summed E-state index contributed by atoms with van der Waals surface area (Å²) < 4.78 is 46.9. The Kier molecular flexibility index (Phi) is 9.06. The van der Waals surface area contributed by atoms with Crippen LogP contribution in [0, 0.1) is 5.92 Å². The Bertz CT molecular complexity index is 2020. The number of benzene rings is 2. The van der Waals surface area contributed by atoms with Crippen LogP contribution in [0.5, 0.6) is 5.75 Å². The smallest absolute Gasteiger partial charge is 0.469 e. The molecule has 2 amide bonds. The molecule has 3 saturated heterocycles. The summed E-state index contributed by atoms with van der Waals surface area (Å²) in [6, 6.07) is 13.1. The van der Waals surface area contributed by atoms with Crippen molar-refractivity contribution >= 4 is 35.5 Å². The monoisotopic (exact) mass is 727 g/mol. The van der Waals surface area contributed by atoms with Crippen LogP contribution < -0.4 is 15.5 Å². The van der Waals surface area contributed by atoms with Gasteiger partial charge in [-0.25, -0.2) is 14.2 Å². The third-order valence-electron chi connectivity index (χ3n) is 11.8. The molecule has 280 valence electrons. The first-order chi connectivity index (χ1) is 25.4. The normalized spacial score (nSPS) is 24.1. The maximum atomic E-state index is 15.1. The number of ether oxygens (including phenoxy) is 3. The lowest BCUT2D eigenvalue weighted by Crippen LogP contribution is -2.53. The van der Waals surface area contributed by atoms with Gasteiger partial charge in [-0.3, -0.25) is 4.79 Å². The van der Waals surface area contributed by atoms with Crippen LogP contribution in [0.2, 0.25) is 0 Å². The van der Waals surface area contributed by atoms with Gasteiger partial charge < -0.3 is 43.3 Å². The molecule has 0 radical (unpaired) electrons. The SMILES string of the molecule is CCC1Oc2cc(-c3cnc([C@@H]4C[C@@H](F)CN4C(=O)[C@@H](NC(=O)OC)C4CCOCC4)[nH]3)ccc2-c2cc3cc(B4OC(C)(C)C(C)(C)O4)ccc3n21. The molecule has 4 aliphatic rings. The Balaban J connectivity index is 1.06. The molecule has 2 aromatic heterocycles. The van der Waals surface area contributed by atoms with Gasteiger partial charge in [-0.05, 0) is 76.2 Å². The van der Waals surface area contributed by atoms with E-state index in [4.69, 9.17) is 23.5 Å². The Morgan fingerprint density at radius 1 is 1.09 bits per heavy atom. The van der Waals surface area contributed by atoms with Crippen LogP contribution in [0.15, 0.2) is 48.7 Å². The number of halogens is 1. The summed E-state index contributed by atoms with van der Waals surface area (Å²) in [5.74, 6) is 0.735. The number of alkyl carbamates (subject to hydrolysis) is 1. The molecule has 0 aliphatic carbocycles. The molecule has 0 saturated carbocycles. The highest BCUT2D eigenvalue weighted by Crippen LogP contribution is 2.45. The van der Waals surface area contributed by atoms with Crippen molar-refractivity contribution in [3.63, 3.8) is 0 Å². The zero-order valence-corrected chi connectivity index (χ0v) is 31.1.